The molecular weight excluding hydrogens is 289 g/mol. The highest BCUT2D eigenvalue weighted by Gasteiger charge is 2.16. The van der Waals surface area contributed by atoms with Gasteiger partial charge >= 0.3 is 0 Å². The van der Waals surface area contributed by atoms with Gasteiger partial charge in [0.15, 0.2) is 0 Å². The van der Waals surface area contributed by atoms with E-state index in [4.69, 9.17) is 23.2 Å². The molecule has 5 heteroatoms. The lowest BCUT2D eigenvalue weighted by atomic mass is 10.1. The lowest BCUT2D eigenvalue weighted by Crippen LogP contribution is -2.35. The van der Waals surface area contributed by atoms with Crippen LogP contribution < -0.4 is 5.32 Å². The van der Waals surface area contributed by atoms with Gasteiger partial charge in [0.25, 0.3) is 0 Å². The molecule has 2 N–H and O–H groups in total. The van der Waals surface area contributed by atoms with Crippen LogP contribution in [0.15, 0.2) is 18.2 Å². The maximum absolute atomic E-state index is 10.1. The summed E-state index contributed by atoms with van der Waals surface area (Å²) in [5.74, 6) is 2.41. The van der Waals surface area contributed by atoms with Crippen molar-refractivity contribution in [3.05, 3.63) is 33.8 Å². The molecule has 1 aliphatic rings. The van der Waals surface area contributed by atoms with E-state index in [0.29, 0.717) is 22.6 Å². The highest BCUT2D eigenvalue weighted by molar-refractivity contribution is 7.99. The van der Waals surface area contributed by atoms with E-state index in [-0.39, 0.29) is 0 Å². The molecular formula is C13H17Cl2NOS. The second kappa shape index (κ2) is 7.01. The number of hydrogen-bond acceptors (Lipinski definition) is 3. The molecule has 1 atom stereocenters. The van der Waals surface area contributed by atoms with Crippen molar-refractivity contribution in [3.63, 3.8) is 0 Å². The molecule has 0 amide bonds. The first-order valence-corrected chi connectivity index (χ1v) is 8.02. The zero-order valence-corrected chi connectivity index (χ0v) is 12.4. The van der Waals surface area contributed by atoms with E-state index in [1.807, 2.05) is 11.8 Å². The monoisotopic (exact) mass is 305 g/mol. The average Bonchev–Trinajstić information content (AvgIpc) is 2.37. The summed E-state index contributed by atoms with van der Waals surface area (Å²) in [4.78, 5) is 0. The summed E-state index contributed by atoms with van der Waals surface area (Å²) in [5, 5.41) is 14.6. The number of rotatable bonds is 4. The Labute approximate surface area is 122 Å². The van der Waals surface area contributed by atoms with Gasteiger partial charge in [-0.2, -0.15) is 11.8 Å². The molecule has 1 heterocycles. The molecule has 0 aromatic heterocycles. The Kier molecular flexibility index (Phi) is 5.64. The molecule has 0 aliphatic carbocycles. The Morgan fingerprint density at radius 1 is 1.33 bits per heavy atom. The Morgan fingerprint density at radius 3 is 2.72 bits per heavy atom. The van der Waals surface area contributed by atoms with Crippen molar-refractivity contribution in [2.24, 2.45) is 0 Å². The third kappa shape index (κ3) is 4.04. The maximum Gasteiger partial charge on any atom is 0.0928 e. The predicted molar refractivity (Wildman–Crippen MR) is 79.8 cm³/mol. The van der Waals surface area contributed by atoms with Gasteiger partial charge in [-0.1, -0.05) is 29.3 Å². The molecule has 1 aliphatic heterocycles. The highest BCUT2D eigenvalue weighted by atomic mass is 35.5. The van der Waals surface area contributed by atoms with Gasteiger partial charge in [0.05, 0.1) is 6.10 Å². The molecule has 0 bridgehead atoms. The first-order valence-electron chi connectivity index (χ1n) is 6.11. The fourth-order valence-electron chi connectivity index (χ4n) is 2.06. The molecule has 2 nitrogen and oxygen atoms in total. The molecule has 1 fully saturated rings. The number of halogens is 2. The molecule has 18 heavy (non-hydrogen) atoms. The van der Waals surface area contributed by atoms with E-state index in [1.54, 1.807) is 18.2 Å². The lowest BCUT2D eigenvalue weighted by molar-refractivity contribution is 0.169. The second-order valence-corrected chi connectivity index (χ2v) is 6.54. The van der Waals surface area contributed by atoms with Crippen molar-refractivity contribution in [2.75, 3.05) is 18.1 Å². The topological polar surface area (TPSA) is 32.3 Å². The number of thioether (sulfide) groups is 1. The number of hydrogen-bond donors (Lipinski definition) is 2. The van der Waals surface area contributed by atoms with E-state index >= 15 is 0 Å². The SMILES string of the molecule is OC(CNC1CCSCC1)c1ccc(Cl)cc1Cl. The highest BCUT2D eigenvalue weighted by Crippen LogP contribution is 2.26. The van der Waals surface area contributed by atoms with Crippen LogP contribution in [0.1, 0.15) is 24.5 Å². The number of aliphatic hydroxyl groups is 1. The van der Waals surface area contributed by atoms with Crippen LogP contribution in [0.3, 0.4) is 0 Å². The zero-order chi connectivity index (χ0) is 13.0. The van der Waals surface area contributed by atoms with E-state index in [9.17, 15) is 5.11 Å². The molecule has 2 rings (SSSR count). The third-order valence-electron chi connectivity index (χ3n) is 3.14. The molecule has 1 aromatic carbocycles. The van der Waals surface area contributed by atoms with Gasteiger partial charge in [0, 0.05) is 28.2 Å². The van der Waals surface area contributed by atoms with Gasteiger partial charge in [-0.15, -0.1) is 0 Å². The number of benzene rings is 1. The summed E-state index contributed by atoms with van der Waals surface area (Å²) in [6, 6.07) is 5.72. The maximum atomic E-state index is 10.1. The minimum atomic E-state index is -0.579. The summed E-state index contributed by atoms with van der Waals surface area (Å²) in [6.07, 6.45) is 1.77. The summed E-state index contributed by atoms with van der Waals surface area (Å²) < 4.78 is 0. The van der Waals surface area contributed by atoms with Gasteiger partial charge in [-0.3, -0.25) is 0 Å². The van der Waals surface area contributed by atoms with Crippen molar-refractivity contribution in [1.82, 2.24) is 5.32 Å². The fraction of sp³-hybridized carbons (Fsp3) is 0.538. The van der Waals surface area contributed by atoms with Gasteiger partial charge in [0.1, 0.15) is 0 Å². The zero-order valence-electron chi connectivity index (χ0n) is 10.0. The first-order chi connectivity index (χ1) is 8.66. The van der Waals surface area contributed by atoms with Gasteiger partial charge < -0.3 is 10.4 Å². The van der Waals surface area contributed by atoms with Crippen LogP contribution in [0.4, 0.5) is 0 Å². The molecule has 100 valence electrons. The average molecular weight is 306 g/mol. The number of aliphatic hydroxyl groups excluding tert-OH is 1. The minimum Gasteiger partial charge on any atom is -0.387 e. The van der Waals surface area contributed by atoms with Crippen LogP contribution in [0.25, 0.3) is 0 Å². The molecule has 0 spiro atoms. The molecule has 0 radical (unpaired) electrons. The van der Waals surface area contributed by atoms with Crippen LogP contribution in [-0.2, 0) is 0 Å². The molecule has 1 saturated heterocycles. The van der Waals surface area contributed by atoms with Gasteiger partial charge in [-0.05, 0) is 36.5 Å². The minimum absolute atomic E-state index is 0.520. The van der Waals surface area contributed by atoms with Crippen LogP contribution in [0, 0.1) is 0 Å². The first kappa shape index (κ1) is 14.5. The lowest BCUT2D eigenvalue weighted by Gasteiger charge is -2.24. The van der Waals surface area contributed by atoms with Crippen molar-refractivity contribution in [2.45, 2.75) is 25.0 Å². The van der Waals surface area contributed by atoms with Crippen LogP contribution in [0.5, 0.6) is 0 Å². The summed E-state index contributed by atoms with van der Waals surface area (Å²) in [6.45, 7) is 0.538. The van der Waals surface area contributed by atoms with Crippen LogP contribution in [0.2, 0.25) is 10.0 Å². The van der Waals surface area contributed by atoms with E-state index < -0.39 is 6.10 Å². The standard InChI is InChI=1S/C13H17Cl2NOS/c14-9-1-2-11(12(15)7-9)13(17)8-16-10-3-5-18-6-4-10/h1-2,7,10,13,16-17H,3-6,8H2. The summed E-state index contributed by atoms with van der Waals surface area (Å²) in [5.41, 5.74) is 0.735. The van der Waals surface area contributed by atoms with Crippen molar-refractivity contribution in [1.29, 1.82) is 0 Å². The molecule has 1 aromatic rings. The Bertz CT molecular complexity index is 397. The van der Waals surface area contributed by atoms with Gasteiger partial charge in [0.2, 0.25) is 0 Å². The van der Waals surface area contributed by atoms with Crippen LogP contribution in [-0.4, -0.2) is 29.2 Å². The smallest absolute Gasteiger partial charge is 0.0928 e. The number of nitrogens with one attached hydrogen (secondary N) is 1. The molecule has 1 unspecified atom stereocenters. The molecule has 0 saturated carbocycles. The Balaban J connectivity index is 1.88. The van der Waals surface area contributed by atoms with Crippen LogP contribution >= 0.6 is 35.0 Å². The second-order valence-electron chi connectivity index (χ2n) is 4.48. The third-order valence-corrected chi connectivity index (χ3v) is 4.75. The van der Waals surface area contributed by atoms with Crippen molar-refractivity contribution in [3.8, 4) is 0 Å². The van der Waals surface area contributed by atoms with Crippen molar-refractivity contribution >= 4 is 35.0 Å². The Morgan fingerprint density at radius 2 is 2.06 bits per heavy atom. The predicted octanol–water partition coefficient (Wildman–Crippen LogP) is 3.51. The quantitative estimate of drug-likeness (QED) is 0.893. The van der Waals surface area contributed by atoms with E-state index in [1.165, 1.54) is 24.3 Å². The van der Waals surface area contributed by atoms with E-state index in [2.05, 4.69) is 5.32 Å². The normalized spacial score (nSPS) is 18.8. The Hall–Kier alpha value is 0.0700. The van der Waals surface area contributed by atoms with E-state index in [0.717, 1.165) is 5.56 Å². The van der Waals surface area contributed by atoms with Gasteiger partial charge in [-0.25, -0.2) is 0 Å². The summed E-state index contributed by atoms with van der Waals surface area (Å²) in [7, 11) is 0. The fourth-order valence-corrected chi connectivity index (χ4v) is 3.70. The summed E-state index contributed by atoms with van der Waals surface area (Å²) >= 11 is 13.9. The largest absolute Gasteiger partial charge is 0.387 e. The van der Waals surface area contributed by atoms with Crippen molar-refractivity contribution < 1.29 is 5.11 Å².